The summed E-state index contributed by atoms with van der Waals surface area (Å²) >= 11 is 9.24. The molecule has 1 N–H and O–H groups in total. The summed E-state index contributed by atoms with van der Waals surface area (Å²) in [6, 6.07) is 5.93. The number of likely N-dealkylation sites (N-methyl/N-ethyl adjacent to an activating group) is 1. The average molecular weight is 332 g/mol. The highest BCUT2D eigenvalue weighted by molar-refractivity contribution is 9.10. The van der Waals surface area contributed by atoms with Gasteiger partial charge in [0.1, 0.15) is 0 Å². The molecule has 1 amide bonds. The monoisotopic (exact) mass is 330 g/mol. The zero-order valence-corrected chi connectivity index (χ0v) is 12.6. The second-order valence-corrected chi connectivity index (χ2v) is 5.98. The molecular formula is C13H16BrClN2O. The SMILES string of the molecule is CN(CCNC(=O)c1cc(Cl)cc(Br)c1)C1CC1. The molecule has 18 heavy (non-hydrogen) atoms. The second kappa shape index (κ2) is 6.04. The minimum atomic E-state index is -0.0811. The van der Waals surface area contributed by atoms with E-state index in [0.29, 0.717) is 17.1 Å². The van der Waals surface area contributed by atoms with E-state index in [1.54, 1.807) is 18.2 Å². The highest BCUT2D eigenvalue weighted by Gasteiger charge is 2.25. The predicted octanol–water partition coefficient (Wildman–Crippen LogP) is 2.93. The topological polar surface area (TPSA) is 32.3 Å². The van der Waals surface area contributed by atoms with E-state index in [0.717, 1.165) is 17.1 Å². The van der Waals surface area contributed by atoms with Gasteiger partial charge in [0, 0.05) is 34.2 Å². The normalized spacial score (nSPS) is 14.9. The van der Waals surface area contributed by atoms with Crippen LogP contribution in [0.4, 0.5) is 0 Å². The third-order valence-corrected chi connectivity index (χ3v) is 3.72. The molecule has 5 heteroatoms. The summed E-state index contributed by atoms with van der Waals surface area (Å²) in [5.74, 6) is -0.0811. The van der Waals surface area contributed by atoms with Crippen molar-refractivity contribution in [3.8, 4) is 0 Å². The summed E-state index contributed by atoms with van der Waals surface area (Å²) in [7, 11) is 2.10. The lowest BCUT2D eigenvalue weighted by atomic mass is 10.2. The number of amides is 1. The number of benzene rings is 1. The van der Waals surface area contributed by atoms with Gasteiger partial charge in [-0.05, 0) is 38.1 Å². The molecule has 0 unspecified atom stereocenters. The molecule has 0 heterocycles. The summed E-state index contributed by atoms with van der Waals surface area (Å²) in [6.07, 6.45) is 2.57. The van der Waals surface area contributed by atoms with Crippen LogP contribution in [0.15, 0.2) is 22.7 Å². The summed E-state index contributed by atoms with van der Waals surface area (Å²) in [5, 5.41) is 3.47. The molecule has 98 valence electrons. The van der Waals surface area contributed by atoms with Gasteiger partial charge in [-0.15, -0.1) is 0 Å². The smallest absolute Gasteiger partial charge is 0.251 e. The van der Waals surface area contributed by atoms with Crippen molar-refractivity contribution in [1.29, 1.82) is 0 Å². The lowest BCUT2D eigenvalue weighted by Gasteiger charge is -2.15. The zero-order chi connectivity index (χ0) is 13.1. The van der Waals surface area contributed by atoms with Crippen LogP contribution in [0.3, 0.4) is 0 Å². The third kappa shape index (κ3) is 3.97. The fourth-order valence-corrected chi connectivity index (χ4v) is 2.69. The molecule has 0 bridgehead atoms. The van der Waals surface area contributed by atoms with E-state index in [1.807, 2.05) is 0 Å². The van der Waals surface area contributed by atoms with Crippen LogP contribution in [-0.4, -0.2) is 37.0 Å². The molecule has 1 saturated carbocycles. The Kier molecular flexibility index (Phi) is 4.65. The van der Waals surface area contributed by atoms with E-state index < -0.39 is 0 Å². The van der Waals surface area contributed by atoms with Crippen molar-refractivity contribution >= 4 is 33.4 Å². The van der Waals surface area contributed by atoms with Gasteiger partial charge in [0.25, 0.3) is 5.91 Å². The minimum Gasteiger partial charge on any atom is -0.351 e. The molecule has 0 saturated heterocycles. The molecule has 3 nitrogen and oxygen atoms in total. The molecule has 0 atom stereocenters. The van der Waals surface area contributed by atoms with Crippen LogP contribution >= 0.6 is 27.5 Å². The fourth-order valence-electron chi connectivity index (χ4n) is 1.83. The van der Waals surface area contributed by atoms with Crippen molar-refractivity contribution in [3.05, 3.63) is 33.3 Å². The van der Waals surface area contributed by atoms with Crippen molar-refractivity contribution in [2.75, 3.05) is 20.1 Å². The number of nitrogens with one attached hydrogen (secondary N) is 1. The van der Waals surface area contributed by atoms with Crippen molar-refractivity contribution in [2.45, 2.75) is 18.9 Å². The van der Waals surface area contributed by atoms with E-state index in [-0.39, 0.29) is 5.91 Å². The van der Waals surface area contributed by atoms with Gasteiger partial charge in [-0.1, -0.05) is 27.5 Å². The first-order valence-corrected chi connectivity index (χ1v) is 7.18. The van der Waals surface area contributed by atoms with Crippen molar-refractivity contribution in [1.82, 2.24) is 10.2 Å². The molecule has 1 aromatic carbocycles. The molecular weight excluding hydrogens is 316 g/mol. The van der Waals surface area contributed by atoms with Crippen LogP contribution in [0.5, 0.6) is 0 Å². The van der Waals surface area contributed by atoms with Crippen LogP contribution in [-0.2, 0) is 0 Å². The molecule has 0 aromatic heterocycles. The Balaban J connectivity index is 1.83. The zero-order valence-electron chi connectivity index (χ0n) is 10.2. The molecule has 2 rings (SSSR count). The van der Waals surface area contributed by atoms with Gasteiger partial charge in [0.05, 0.1) is 0 Å². The molecule has 1 aliphatic carbocycles. The van der Waals surface area contributed by atoms with Crippen LogP contribution in [0.25, 0.3) is 0 Å². The van der Waals surface area contributed by atoms with Gasteiger partial charge in [-0.2, -0.15) is 0 Å². The molecule has 0 spiro atoms. The van der Waals surface area contributed by atoms with Gasteiger partial charge in [0.2, 0.25) is 0 Å². The van der Waals surface area contributed by atoms with Gasteiger partial charge in [0.15, 0.2) is 0 Å². The lowest BCUT2D eigenvalue weighted by molar-refractivity contribution is 0.0949. The number of nitrogens with zero attached hydrogens (tertiary/aromatic N) is 1. The van der Waals surface area contributed by atoms with Crippen LogP contribution in [0.2, 0.25) is 5.02 Å². The molecule has 1 aromatic rings. The number of hydrogen-bond donors (Lipinski definition) is 1. The van der Waals surface area contributed by atoms with Gasteiger partial charge >= 0.3 is 0 Å². The Hall–Kier alpha value is -0.580. The number of halogens is 2. The Morgan fingerprint density at radius 3 is 2.83 bits per heavy atom. The Bertz CT molecular complexity index is 428. The van der Waals surface area contributed by atoms with Crippen LogP contribution in [0, 0.1) is 0 Å². The summed E-state index contributed by atoms with van der Waals surface area (Å²) in [5.41, 5.74) is 0.587. The van der Waals surface area contributed by atoms with Gasteiger partial charge in [-0.25, -0.2) is 0 Å². The van der Waals surface area contributed by atoms with E-state index >= 15 is 0 Å². The number of rotatable bonds is 5. The van der Waals surface area contributed by atoms with E-state index in [9.17, 15) is 4.79 Å². The first kappa shape index (κ1) is 13.8. The Labute approximate surface area is 121 Å². The van der Waals surface area contributed by atoms with E-state index in [4.69, 9.17) is 11.6 Å². The number of carbonyl (C=O) groups is 1. The van der Waals surface area contributed by atoms with E-state index in [1.165, 1.54) is 12.8 Å². The maximum atomic E-state index is 11.9. The molecule has 0 radical (unpaired) electrons. The molecule has 1 fully saturated rings. The summed E-state index contributed by atoms with van der Waals surface area (Å²) in [6.45, 7) is 1.55. The first-order valence-electron chi connectivity index (χ1n) is 6.01. The van der Waals surface area contributed by atoms with Crippen molar-refractivity contribution in [3.63, 3.8) is 0 Å². The second-order valence-electron chi connectivity index (χ2n) is 4.63. The highest BCUT2D eigenvalue weighted by Crippen LogP contribution is 2.24. The molecule has 0 aliphatic heterocycles. The lowest BCUT2D eigenvalue weighted by Crippen LogP contribution is -2.33. The largest absolute Gasteiger partial charge is 0.351 e. The van der Waals surface area contributed by atoms with Crippen molar-refractivity contribution in [2.24, 2.45) is 0 Å². The first-order chi connectivity index (χ1) is 8.56. The maximum Gasteiger partial charge on any atom is 0.251 e. The highest BCUT2D eigenvalue weighted by atomic mass is 79.9. The van der Waals surface area contributed by atoms with Crippen LogP contribution < -0.4 is 5.32 Å². The Morgan fingerprint density at radius 2 is 2.22 bits per heavy atom. The maximum absolute atomic E-state index is 11.9. The number of hydrogen-bond acceptors (Lipinski definition) is 2. The Morgan fingerprint density at radius 1 is 1.50 bits per heavy atom. The standard InChI is InChI=1S/C13H16BrClN2O/c1-17(12-2-3-12)5-4-16-13(18)9-6-10(14)8-11(15)7-9/h6-8,12H,2-5H2,1H3,(H,16,18). The quantitative estimate of drug-likeness (QED) is 0.900. The summed E-state index contributed by atoms with van der Waals surface area (Å²) < 4.78 is 0.815. The third-order valence-electron chi connectivity index (χ3n) is 3.05. The molecule has 1 aliphatic rings. The van der Waals surface area contributed by atoms with Gasteiger partial charge in [-0.3, -0.25) is 4.79 Å². The van der Waals surface area contributed by atoms with Crippen LogP contribution in [0.1, 0.15) is 23.2 Å². The minimum absolute atomic E-state index is 0.0811. The number of carbonyl (C=O) groups excluding carboxylic acids is 1. The fraction of sp³-hybridized carbons (Fsp3) is 0.462. The van der Waals surface area contributed by atoms with Crippen molar-refractivity contribution < 1.29 is 4.79 Å². The predicted molar refractivity (Wildman–Crippen MR) is 77.1 cm³/mol. The van der Waals surface area contributed by atoms with Gasteiger partial charge < -0.3 is 10.2 Å². The van der Waals surface area contributed by atoms with E-state index in [2.05, 4.69) is 33.2 Å². The average Bonchev–Trinajstić information content (AvgIpc) is 3.11. The summed E-state index contributed by atoms with van der Waals surface area (Å²) in [4.78, 5) is 14.2.